The van der Waals surface area contributed by atoms with Crippen molar-refractivity contribution >= 4 is 11.6 Å². The largest absolute Gasteiger partial charge is 0.374 e. The maximum absolute atomic E-state index is 13.1. The minimum absolute atomic E-state index is 0.0171. The Morgan fingerprint density at radius 2 is 1.65 bits per heavy atom. The molecule has 1 aliphatic heterocycles. The molecule has 1 heterocycles. The molecule has 1 aromatic rings. The van der Waals surface area contributed by atoms with Crippen LogP contribution in [0.3, 0.4) is 0 Å². The molecule has 0 aromatic heterocycles. The van der Waals surface area contributed by atoms with Crippen molar-refractivity contribution in [1.29, 1.82) is 0 Å². The van der Waals surface area contributed by atoms with E-state index >= 15 is 0 Å². The molecule has 0 spiro atoms. The molecular weight excluding hydrogens is 262 g/mol. The van der Waals surface area contributed by atoms with Crippen LogP contribution in [-0.2, 0) is 4.79 Å². The van der Waals surface area contributed by atoms with E-state index in [1.807, 2.05) is 4.90 Å². The first kappa shape index (κ1) is 14.8. The minimum Gasteiger partial charge on any atom is -0.374 e. The van der Waals surface area contributed by atoms with Gasteiger partial charge in [0.25, 0.3) is 0 Å². The topological polar surface area (TPSA) is 32.3 Å². The van der Waals surface area contributed by atoms with Gasteiger partial charge in [0.15, 0.2) is 0 Å². The normalized spacial score (nSPS) is 17.4. The van der Waals surface area contributed by atoms with Gasteiger partial charge < -0.3 is 10.2 Å². The Hall–Kier alpha value is -1.65. The Morgan fingerprint density at radius 1 is 1.10 bits per heavy atom. The predicted octanol–water partition coefficient (Wildman–Crippen LogP) is 3.17. The highest BCUT2D eigenvalue weighted by Gasteiger charge is 2.21. The van der Waals surface area contributed by atoms with Gasteiger partial charge >= 0.3 is 0 Å². The second-order valence-corrected chi connectivity index (χ2v) is 5.26. The highest BCUT2D eigenvalue weighted by atomic mass is 19.1. The number of carbonyl (C=O) groups excluding carboxylic acids is 1. The summed E-state index contributed by atoms with van der Waals surface area (Å²) in [6, 6.07) is 2.70. The van der Waals surface area contributed by atoms with Crippen molar-refractivity contribution in [3.8, 4) is 0 Å². The molecule has 3 nitrogen and oxygen atoms in total. The molecule has 1 atom stereocenters. The second-order valence-electron chi connectivity index (χ2n) is 5.26. The van der Waals surface area contributed by atoms with E-state index in [9.17, 15) is 13.6 Å². The fourth-order valence-corrected chi connectivity index (χ4v) is 2.51. The lowest BCUT2D eigenvalue weighted by Crippen LogP contribution is -2.41. The van der Waals surface area contributed by atoms with Crippen LogP contribution >= 0.6 is 0 Å². The molecule has 5 heteroatoms. The van der Waals surface area contributed by atoms with Crippen LogP contribution in [0.5, 0.6) is 0 Å². The number of nitrogens with one attached hydrogen (secondary N) is 1. The fraction of sp³-hybridized carbons (Fsp3) is 0.533. The number of halogens is 2. The third-order valence-electron chi connectivity index (χ3n) is 3.53. The van der Waals surface area contributed by atoms with Crippen LogP contribution in [0, 0.1) is 11.6 Å². The molecule has 1 unspecified atom stereocenters. The molecule has 2 rings (SSSR count). The SMILES string of the molecule is CC(Nc1cc(F)cc(F)c1)C(=O)N1CCCCCC1. The standard InChI is InChI=1S/C15H20F2N2O/c1-11(15(20)19-6-4-2-3-5-7-19)18-14-9-12(16)8-13(17)10-14/h8-11,18H,2-7H2,1H3. The van der Waals surface area contributed by atoms with E-state index in [0.29, 0.717) is 0 Å². The average Bonchev–Trinajstić information content (AvgIpc) is 2.65. The lowest BCUT2D eigenvalue weighted by molar-refractivity contribution is -0.131. The van der Waals surface area contributed by atoms with Gasteiger partial charge in [-0.15, -0.1) is 0 Å². The summed E-state index contributed by atoms with van der Waals surface area (Å²) in [4.78, 5) is 14.1. The molecule has 110 valence electrons. The van der Waals surface area contributed by atoms with Gasteiger partial charge in [0.2, 0.25) is 5.91 Å². The molecule has 1 N–H and O–H groups in total. The minimum atomic E-state index is -0.651. The van der Waals surface area contributed by atoms with Crippen molar-refractivity contribution in [3.63, 3.8) is 0 Å². The Labute approximate surface area is 118 Å². The molecule has 0 bridgehead atoms. The fourth-order valence-electron chi connectivity index (χ4n) is 2.51. The molecule has 20 heavy (non-hydrogen) atoms. The van der Waals surface area contributed by atoms with Gasteiger partial charge in [0, 0.05) is 24.8 Å². The van der Waals surface area contributed by atoms with E-state index in [1.54, 1.807) is 6.92 Å². The highest BCUT2D eigenvalue weighted by molar-refractivity contribution is 5.84. The lowest BCUT2D eigenvalue weighted by Gasteiger charge is -2.25. The molecule has 1 saturated heterocycles. The van der Waals surface area contributed by atoms with Crippen LogP contribution in [0.1, 0.15) is 32.6 Å². The molecule has 1 amide bonds. The lowest BCUT2D eigenvalue weighted by atomic mass is 10.2. The zero-order chi connectivity index (χ0) is 14.5. The molecule has 0 radical (unpaired) electrons. The van der Waals surface area contributed by atoms with Gasteiger partial charge in [-0.3, -0.25) is 4.79 Å². The van der Waals surface area contributed by atoms with Gasteiger partial charge in [0.05, 0.1) is 0 Å². The third-order valence-corrected chi connectivity index (χ3v) is 3.53. The molecule has 0 saturated carbocycles. The van der Waals surface area contributed by atoms with E-state index < -0.39 is 17.7 Å². The van der Waals surface area contributed by atoms with Gasteiger partial charge in [-0.1, -0.05) is 12.8 Å². The van der Waals surface area contributed by atoms with Gasteiger partial charge in [0.1, 0.15) is 17.7 Å². The first-order valence-corrected chi connectivity index (χ1v) is 7.07. The van der Waals surface area contributed by atoms with Crippen LogP contribution in [0.25, 0.3) is 0 Å². The van der Waals surface area contributed by atoms with Crippen LogP contribution in [0.4, 0.5) is 14.5 Å². The molecule has 1 fully saturated rings. The summed E-state index contributed by atoms with van der Waals surface area (Å²) in [5.41, 5.74) is 0.290. The molecular formula is C15H20F2N2O. The van der Waals surface area contributed by atoms with Crippen LogP contribution in [0.15, 0.2) is 18.2 Å². The third kappa shape index (κ3) is 3.92. The van der Waals surface area contributed by atoms with Crippen LogP contribution < -0.4 is 5.32 Å². The Kier molecular flexibility index (Phi) is 4.93. The van der Waals surface area contributed by atoms with Gasteiger partial charge in [-0.2, -0.15) is 0 Å². The molecule has 0 aliphatic carbocycles. The summed E-state index contributed by atoms with van der Waals surface area (Å²) in [5, 5.41) is 2.87. The van der Waals surface area contributed by atoms with E-state index in [2.05, 4.69) is 5.32 Å². The van der Waals surface area contributed by atoms with Crippen molar-refractivity contribution in [1.82, 2.24) is 4.90 Å². The summed E-state index contributed by atoms with van der Waals surface area (Å²) < 4.78 is 26.2. The number of likely N-dealkylation sites (tertiary alicyclic amines) is 1. The van der Waals surface area contributed by atoms with Gasteiger partial charge in [-0.05, 0) is 31.9 Å². The van der Waals surface area contributed by atoms with Crippen molar-refractivity contribution in [2.45, 2.75) is 38.6 Å². The van der Waals surface area contributed by atoms with E-state index in [1.165, 1.54) is 12.1 Å². The predicted molar refractivity (Wildman–Crippen MR) is 74.5 cm³/mol. The summed E-state index contributed by atoms with van der Waals surface area (Å²) in [7, 11) is 0. The van der Waals surface area contributed by atoms with Crippen molar-refractivity contribution in [3.05, 3.63) is 29.8 Å². The maximum atomic E-state index is 13.1. The number of hydrogen-bond acceptors (Lipinski definition) is 2. The Bertz CT molecular complexity index is 451. The number of anilines is 1. The van der Waals surface area contributed by atoms with Crippen molar-refractivity contribution in [2.75, 3.05) is 18.4 Å². The van der Waals surface area contributed by atoms with Crippen molar-refractivity contribution < 1.29 is 13.6 Å². The highest BCUT2D eigenvalue weighted by Crippen LogP contribution is 2.16. The Balaban J connectivity index is 1.99. The summed E-state index contributed by atoms with van der Waals surface area (Å²) in [6.07, 6.45) is 4.35. The van der Waals surface area contributed by atoms with Crippen LogP contribution in [0.2, 0.25) is 0 Å². The zero-order valence-corrected chi connectivity index (χ0v) is 11.7. The number of nitrogens with zero attached hydrogens (tertiary/aromatic N) is 1. The monoisotopic (exact) mass is 282 g/mol. The second kappa shape index (κ2) is 6.68. The van der Waals surface area contributed by atoms with E-state index in [4.69, 9.17) is 0 Å². The summed E-state index contributed by atoms with van der Waals surface area (Å²) >= 11 is 0. The van der Waals surface area contributed by atoms with E-state index in [0.717, 1.165) is 44.8 Å². The Morgan fingerprint density at radius 3 is 2.20 bits per heavy atom. The average molecular weight is 282 g/mol. The maximum Gasteiger partial charge on any atom is 0.244 e. The smallest absolute Gasteiger partial charge is 0.244 e. The summed E-state index contributed by atoms with van der Waals surface area (Å²) in [6.45, 7) is 3.25. The first-order chi connectivity index (χ1) is 9.56. The number of hydrogen-bond donors (Lipinski definition) is 1. The summed E-state index contributed by atoms with van der Waals surface area (Å²) in [5.74, 6) is -1.32. The first-order valence-electron chi connectivity index (χ1n) is 7.07. The number of rotatable bonds is 3. The quantitative estimate of drug-likeness (QED) is 0.923. The number of carbonyl (C=O) groups is 1. The number of benzene rings is 1. The van der Waals surface area contributed by atoms with Gasteiger partial charge in [-0.25, -0.2) is 8.78 Å². The van der Waals surface area contributed by atoms with E-state index in [-0.39, 0.29) is 11.6 Å². The molecule has 1 aliphatic rings. The zero-order valence-electron chi connectivity index (χ0n) is 11.7. The molecule has 1 aromatic carbocycles. The van der Waals surface area contributed by atoms with Crippen molar-refractivity contribution in [2.24, 2.45) is 0 Å². The number of amides is 1. The van der Waals surface area contributed by atoms with Crippen LogP contribution in [-0.4, -0.2) is 29.9 Å².